The van der Waals surface area contributed by atoms with Gasteiger partial charge in [-0.05, 0) is 48.0 Å². The molecule has 0 aliphatic carbocycles. The molecule has 1 saturated heterocycles. The highest BCUT2D eigenvalue weighted by Crippen LogP contribution is 2.33. The topological polar surface area (TPSA) is 88.1 Å². The zero-order valence-corrected chi connectivity index (χ0v) is 24.1. The van der Waals surface area contributed by atoms with E-state index < -0.39 is 0 Å². The molecule has 0 radical (unpaired) electrons. The predicted octanol–water partition coefficient (Wildman–Crippen LogP) is 5.17. The van der Waals surface area contributed by atoms with Gasteiger partial charge in [-0.1, -0.05) is 59.6 Å². The van der Waals surface area contributed by atoms with Gasteiger partial charge in [-0.3, -0.25) is 9.59 Å². The molecule has 3 heterocycles. The summed E-state index contributed by atoms with van der Waals surface area (Å²) in [6.45, 7) is 2.41. The van der Waals surface area contributed by atoms with Crippen LogP contribution in [0.15, 0.2) is 78.9 Å². The molecule has 11 heteroatoms. The second-order valence-corrected chi connectivity index (χ2v) is 10.8. The van der Waals surface area contributed by atoms with Gasteiger partial charge in [0, 0.05) is 43.3 Å². The molecule has 1 fully saturated rings. The summed E-state index contributed by atoms with van der Waals surface area (Å²) in [5.41, 5.74) is 2.89. The number of ether oxygens (including phenoxy) is 2. The van der Waals surface area contributed by atoms with Gasteiger partial charge in [0.25, 0.3) is 5.91 Å². The van der Waals surface area contributed by atoms with E-state index in [1.54, 1.807) is 23.1 Å². The number of aromatic nitrogens is 2. The molecule has 0 N–H and O–H groups in total. The molecule has 6 rings (SSSR count). The van der Waals surface area contributed by atoms with E-state index in [1.807, 2.05) is 54.6 Å². The zero-order chi connectivity index (χ0) is 29.1. The van der Waals surface area contributed by atoms with Crippen molar-refractivity contribution in [1.82, 2.24) is 20.0 Å². The molecule has 0 saturated carbocycles. The van der Waals surface area contributed by atoms with Crippen LogP contribution in [0.1, 0.15) is 15.9 Å². The standard InChI is InChI=1S/C31H27Cl2N5O4/c32-23-7-8-24(25(33)17-23)31(40)38(18-21-6-10-27-28(16-21)42-20-41-27)19-30(39)37-14-12-36(13-15-37)29-11-9-26(34-35-29)22-4-2-1-3-5-22/h1-11,16-17H,12-15,18-20H2. The lowest BCUT2D eigenvalue weighted by Gasteiger charge is -2.36. The average molecular weight is 604 g/mol. The van der Waals surface area contributed by atoms with Crippen LogP contribution in [0.3, 0.4) is 0 Å². The maximum atomic E-state index is 13.6. The van der Waals surface area contributed by atoms with Crippen LogP contribution in [-0.4, -0.2) is 71.3 Å². The molecule has 0 atom stereocenters. The molecular formula is C31H27Cl2N5O4. The van der Waals surface area contributed by atoms with E-state index in [1.165, 1.54) is 11.0 Å². The van der Waals surface area contributed by atoms with Crippen LogP contribution in [0, 0.1) is 0 Å². The number of hydrogen-bond donors (Lipinski definition) is 0. The van der Waals surface area contributed by atoms with Crippen molar-refractivity contribution in [3.63, 3.8) is 0 Å². The first kappa shape index (κ1) is 27.8. The summed E-state index contributed by atoms with van der Waals surface area (Å²) in [6, 6.07) is 24.0. The van der Waals surface area contributed by atoms with Crippen molar-refractivity contribution < 1.29 is 19.1 Å². The van der Waals surface area contributed by atoms with Gasteiger partial charge in [0.15, 0.2) is 17.3 Å². The fourth-order valence-corrected chi connectivity index (χ4v) is 5.49. The Bertz CT molecular complexity index is 1600. The van der Waals surface area contributed by atoms with E-state index in [4.69, 9.17) is 32.7 Å². The van der Waals surface area contributed by atoms with Crippen molar-refractivity contribution in [2.75, 3.05) is 44.4 Å². The number of hydrogen-bond acceptors (Lipinski definition) is 7. The van der Waals surface area contributed by atoms with E-state index in [2.05, 4.69) is 15.1 Å². The number of benzene rings is 3. The maximum absolute atomic E-state index is 13.6. The minimum Gasteiger partial charge on any atom is -0.454 e. The molecule has 0 bridgehead atoms. The predicted molar refractivity (Wildman–Crippen MR) is 160 cm³/mol. The van der Waals surface area contributed by atoms with Crippen molar-refractivity contribution in [2.45, 2.75) is 6.54 Å². The van der Waals surface area contributed by atoms with Gasteiger partial charge in [0.1, 0.15) is 6.54 Å². The average Bonchev–Trinajstić information content (AvgIpc) is 3.49. The van der Waals surface area contributed by atoms with Gasteiger partial charge in [-0.2, -0.15) is 0 Å². The minimum atomic E-state index is -0.366. The molecule has 1 aromatic heterocycles. The number of nitrogens with zero attached hydrogens (tertiary/aromatic N) is 5. The van der Waals surface area contributed by atoms with Gasteiger partial charge in [0.2, 0.25) is 12.7 Å². The van der Waals surface area contributed by atoms with Gasteiger partial charge in [-0.15, -0.1) is 10.2 Å². The third-order valence-corrected chi connectivity index (χ3v) is 7.81. The molecule has 2 aliphatic heterocycles. The van der Waals surface area contributed by atoms with Crippen LogP contribution in [0.4, 0.5) is 5.82 Å². The normalized spacial score (nSPS) is 14.1. The molecule has 4 aromatic rings. The van der Waals surface area contributed by atoms with Crippen molar-refractivity contribution >= 4 is 40.8 Å². The third-order valence-electron chi connectivity index (χ3n) is 7.26. The Hall–Kier alpha value is -4.34. The Morgan fingerprint density at radius 2 is 1.62 bits per heavy atom. The SMILES string of the molecule is O=C(CN(Cc1ccc2c(c1)OCO2)C(=O)c1ccc(Cl)cc1Cl)N1CCN(c2ccc(-c3ccccc3)nn2)CC1. The van der Waals surface area contributed by atoms with Crippen molar-refractivity contribution in [2.24, 2.45) is 0 Å². The van der Waals surface area contributed by atoms with Crippen LogP contribution in [-0.2, 0) is 11.3 Å². The van der Waals surface area contributed by atoms with E-state index in [0.717, 1.165) is 22.6 Å². The highest BCUT2D eigenvalue weighted by atomic mass is 35.5. The van der Waals surface area contributed by atoms with Crippen LogP contribution in [0.2, 0.25) is 10.0 Å². The Kier molecular flexibility index (Phi) is 8.12. The minimum absolute atomic E-state index is 0.113. The molecule has 3 aromatic carbocycles. The van der Waals surface area contributed by atoms with E-state index in [-0.39, 0.29) is 42.3 Å². The van der Waals surface area contributed by atoms with Gasteiger partial charge >= 0.3 is 0 Å². The zero-order valence-electron chi connectivity index (χ0n) is 22.6. The first-order valence-corrected chi connectivity index (χ1v) is 14.2. The highest BCUT2D eigenvalue weighted by Gasteiger charge is 2.27. The quantitative estimate of drug-likeness (QED) is 0.288. The summed E-state index contributed by atoms with van der Waals surface area (Å²) in [7, 11) is 0. The van der Waals surface area contributed by atoms with Gasteiger partial charge in [0.05, 0.1) is 16.3 Å². The number of anilines is 1. The monoisotopic (exact) mass is 603 g/mol. The van der Waals surface area contributed by atoms with Crippen molar-refractivity contribution in [3.05, 3.63) is 100 Å². The Morgan fingerprint density at radius 1 is 0.833 bits per heavy atom. The Labute approximate surface area is 253 Å². The summed E-state index contributed by atoms with van der Waals surface area (Å²) in [5.74, 6) is 1.49. The summed E-state index contributed by atoms with van der Waals surface area (Å²) >= 11 is 12.4. The second-order valence-electron chi connectivity index (χ2n) is 9.98. The molecule has 0 unspecified atom stereocenters. The van der Waals surface area contributed by atoms with Crippen LogP contribution in [0.5, 0.6) is 11.5 Å². The maximum Gasteiger partial charge on any atom is 0.256 e. The van der Waals surface area contributed by atoms with Crippen LogP contribution >= 0.6 is 23.2 Å². The van der Waals surface area contributed by atoms with E-state index in [9.17, 15) is 9.59 Å². The fraction of sp³-hybridized carbons (Fsp3) is 0.226. The molecule has 2 aliphatic rings. The van der Waals surface area contributed by atoms with E-state index in [0.29, 0.717) is 42.7 Å². The molecule has 214 valence electrons. The highest BCUT2D eigenvalue weighted by molar-refractivity contribution is 6.36. The van der Waals surface area contributed by atoms with Gasteiger partial charge < -0.3 is 24.2 Å². The number of halogens is 2. The molecular weight excluding hydrogens is 577 g/mol. The molecule has 2 amide bonds. The number of fused-ring (bicyclic) bond motifs is 1. The third kappa shape index (κ3) is 6.12. The molecule has 0 spiro atoms. The number of rotatable bonds is 7. The lowest BCUT2D eigenvalue weighted by atomic mass is 10.1. The first-order valence-electron chi connectivity index (χ1n) is 13.5. The lowest BCUT2D eigenvalue weighted by Crippen LogP contribution is -2.52. The summed E-state index contributed by atoms with van der Waals surface area (Å²) in [4.78, 5) is 32.5. The van der Waals surface area contributed by atoms with Crippen molar-refractivity contribution in [3.8, 4) is 22.8 Å². The summed E-state index contributed by atoms with van der Waals surface area (Å²) in [5, 5.41) is 9.45. The molecule has 9 nitrogen and oxygen atoms in total. The number of carbonyl (C=O) groups is 2. The molecule has 42 heavy (non-hydrogen) atoms. The summed E-state index contributed by atoms with van der Waals surface area (Å²) in [6.07, 6.45) is 0. The largest absolute Gasteiger partial charge is 0.454 e. The summed E-state index contributed by atoms with van der Waals surface area (Å²) < 4.78 is 10.9. The van der Waals surface area contributed by atoms with E-state index >= 15 is 0 Å². The fourth-order valence-electron chi connectivity index (χ4n) is 5.00. The Morgan fingerprint density at radius 3 is 2.36 bits per heavy atom. The number of carbonyl (C=O) groups excluding carboxylic acids is 2. The second kappa shape index (κ2) is 12.3. The van der Waals surface area contributed by atoms with Crippen LogP contribution in [0.25, 0.3) is 11.3 Å². The lowest BCUT2D eigenvalue weighted by molar-refractivity contribution is -0.132. The number of piperazine rings is 1. The smallest absolute Gasteiger partial charge is 0.256 e. The first-order chi connectivity index (χ1) is 20.4. The van der Waals surface area contributed by atoms with Crippen molar-refractivity contribution in [1.29, 1.82) is 0 Å². The number of amides is 2. The Balaban J connectivity index is 1.13. The van der Waals surface area contributed by atoms with Gasteiger partial charge in [-0.25, -0.2) is 0 Å². The van der Waals surface area contributed by atoms with Crippen LogP contribution < -0.4 is 14.4 Å².